The second-order valence-corrected chi connectivity index (χ2v) is 8.79. The molecular weight excluding hydrogens is 434 g/mol. The Bertz CT molecular complexity index is 1560. The third kappa shape index (κ3) is 3.58. The Kier molecular flexibility index (Phi) is 4.77. The van der Waals surface area contributed by atoms with Crippen LogP contribution in [0.3, 0.4) is 0 Å². The third-order valence-corrected chi connectivity index (χ3v) is 6.42. The normalized spacial score (nSPS) is 13.3. The first kappa shape index (κ1) is 19.4. The van der Waals surface area contributed by atoms with Crippen LogP contribution in [0, 0.1) is 0 Å². The lowest BCUT2D eigenvalue weighted by molar-refractivity contribution is -0.686. The van der Waals surface area contributed by atoms with Crippen molar-refractivity contribution >= 4 is 49.6 Å². The van der Waals surface area contributed by atoms with Crippen molar-refractivity contribution in [3.63, 3.8) is 0 Å². The molecule has 31 heavy (non-hydrogen) atoms. The molecule has 154 valence electrons. The number of benzene rings is 2. The molecule has 0 saturated heterocycles. The average Bonchev–Trinajstić information content (AvgIpc) is 3.42. The van der Waals surface area contributed by atoms with Gasteiger partial charge in [-0.05, 0) is 24.3 Å². The standard InChI is InChI=1S/C20H15N7O2S2/c1-2-10-26-11-12-27(13-26)20-19(21-14-6-3-4-7-15(14)22-20)25-31(28,29)17-9-5-8-16-18(17)24-30-23-16/h2-9,11-13H,1,10H2/p+1. The molecule has 0 aliphatic heterocycles. The molecule has 2 aromatic carbocycles. The van der Waals surface area contributed by atoms with E-state index in [1.165, 1.54) is 6.07 Å². The summed E-state index contributed by atoms with van der Waals surface area (Å²) in [5, 5.41) is 0. The summed E-state index contributed by atoms with van der Waals surface area (Å²) in [6.45, 7) is 4.35. The number of fused-ring (bicyclic) bond motifs is 2. The van der Waals surface area contributed by atoms with Crippen LogP contribution in [0.2, 0.25) is 0 Å². The van der Waals surface area contributed by atoms with Crippen molar-refractivity contribution in [2.45, 2.75) is 11.4 Å². The van der Waals surface area contributed by atoms with Crippen molar-refractivity contribution in [2.75, 3.05) is 0 Å². The predicted molar refractivity (Wildman–Crippen MR) is 118 cm³/mol. The molecule has 5 rings (SSSR count). The first-order valence-corrected chi connectivity index (χ1v) is 11.4. The van der Waals surface area contributed by atoms with Crippen LogP contribution < -0.4 is 4.57 Å². The van der Waals surface area contributed by atoms with Crippen LogP contribution >= 0.6 is 11.7 Å². The summed E-state index contributed by atoms with van der Waals surface area (Å²) in [4.78, 5) is 9.28. The lowest BCUT2D eigenvalue weighted by Gasteiger charge is -2.06. The molecule has 3 aromatic heterocycles. The van der Waals surface area contributed by atoms with E-state index in [4.69, 9.17) is 0 Å². The highest BCUT2D eigenvalue weighted by molar-refractivity contribution is 7.88. The molecule has 1 atom stereocenters. The second-order valence-electron chi connectivity index (χ2n) is 6.64. The number of hydrogen-bond acceptors (Lipinski definition) is 7. The molecule has 1 N–H and O–H groups in total. The zero-order valence-electron chi connectivity index (χ0n) is 16.1. The summed E-state index contributed by atoms with van der Waals surface area (Å²) in [5.74, 6) is 0.389. The van der Waals surface area contributed by atoms with E-state index >= 15 is 0 Å². The molecule has 0 aliphatic carbocycles. The van der Waals surface area contributed by atoms with Crippen molar-refractivity contribution in [3.05, 3.63) is 73.8 Å². The van der Waals surface area contributed by atoms with E-state index in [2.05, 4.69) is 29.7 Å². The Morgan fingerprint density at radius 3 is 2.71 bits per heavy atom. The minimum absolute atomic E-state index is 0.0488. The van der Waals surface area contributed by atoms with Gasteiger partial charge in [0.15, 0.2) is 10.0 Å². The van der Waals surface area contributed by atoms with Crippen LogP contribution in [0.5, 0.6) is 0 Å². The number of imidazole rings is 1. The smallest absolute Gasteiger partial charge is 0.272 e. The summed E-state index contributed by atoms with van der Waals surface area (Å²) < 4.78 is 40.3. The van der Waals surface area contributed by atoms with E-state index in [1.807, 2.05) is 29.0 Å². The van der Waals surface area contributed by atoms with Gasteiger partial charge >= 0.3 is 0 Å². The fraction of sp³-hybridized carbons (Fsp3) is 0.0500. The van der Waals surface area contributed by atoms with E-state index in [9.17, 15) is 8.76 Å². The van der Waals surface area contributed by atoms with Gasteiger partial charge in [-0.2, -0.15) is 13.3 Å². The van der Waals surface area contributed by atoms with Crippen molar-refractivity contribution in [2.24, 2.45) is 4.36 Å². The first-order chi connectivity index (χ1) is 15.0. The highest BCUT2D eigenvalue weighted by atomic mass is 32.2. The lowest BCUT2D eigenvalue weighted by Crippen LogP contribution is -2.29. The summed E-state index contributed by atoms with van der Waals surface area (Å²) in [7, 11) is -3.87. The molecule has 11 heteroatoms. The van der Waals surface area contributed by atoms with Crippen molar-refractivity contribution in [1.29, 1.82) is 0 Å². The van der Waals surface area contributed by atoms with E-state index in [1.54, 1.807) is 41.4 Å². The quantitative estimate of drug-likeness (QED) is 0.324. The van der Waals surface area contributed by atoms with Crippen molar-refractivity contribution in [1.82, 2.24) is 23.3 Å². The van der Waals surface area contributed by atoms with Crippen LogP contribution in [0.1, 0.15) is 0 Å². The number of hydrogen-bond donors (Lipinski definition) is 1. The maximum absolute atomic E-state index is 13.3. The van der Waals surface area contributed by atoms with Gasteiger partial charge in [0.05, 0.1) is 22.8 Å². The van der Waals surface area contributed by atoms with Gasteiger partial charge in [0.1, 0.15) is 34.9 Å². The Morgan fingerprint density at radius 1 is 1.13 bits per heavy atom. The van der Waals surface area contributed by atoms with Crippen LogP contribution in [-0.4, -0.2) is 32.0 Å². The Balaban J connectivity index is 1.75. The molecule has 9 nitrogen and oxygen atoms in total. The molecule has 3 heterocycles. The van der Waals surface area contributed by atoms with Crippen LogP contribution in [-0.2, 0) is 16.6 Å². The second kappa shape index (κ2) is 7.61. The zero-order valence-corrected chi connectivity index (χ0v) is 17.7. The monoisotopic (exact) mass is 450 g/mol. The molecule has 0 amide bonds. The van der Waals surface area contributed by atoms with Gasteiger partial charge in [0, 0.05) is 0 Å². The summed E-state index contributed by atoms with van der Waals surface area (Å²) in [5.41, 5.74) is 2.11. The molecular formula is C20H16N7O2S2+. The molecule has 1 unspecified atom stereocenters. The average molecular weight is 451 g/mol. The fourth-order valence-corrected chi connectivity index (χ4v) is 4.88. The van der Waals surface area contributed by atoms with Gasteiger partial charge in [0.2, 0.25) is 5.82 Å². The Morgan fingerprint density at radius 2 is 1.90 bits per heavy atom. The van der Waals surface area contributed by atoms with Gasteiger partial charge in [0.25, 0.3) is 12.1 Å². The minimum Gasteiger partial charge on any atom is -0.296 e. The van der Waals surface area contributed by atoms with E-state index in [0.29, 0.717) is 34.4 Å². The van der Waals surface area contributed by atoms with Gasteiger partial charge in [-0.15, -0.1) is 4.36 Å². The third-order valence-electron chi connectivity index (χ3n) is 4.56. The van der Waals surface area contributed by atoms with Gasteiger partial charge < -0.3 is 0 Å². The van der Waals surface area contributed by atoms with Crippen LogP contribution in [0.25, 0.3) is 27.9 Å². The van der Waals surface area contributed by atoms with Gasteiger partial charge in [-0.3, -0.25) is 4.55 Å². The van der Waals surface area contributed by atoms with Gasteiger partial charge in [-0.25, -0.2) is 18.7 Å². The molecule has 0 fully saturated rings. The van der Waals surface area contributed by atoms with E-state index in [-0.39, 0.29) is 10.7 Å². The van der Waals surface area contributed by atoms with E-state index in [0.717, 1.165) is 11.7 Å². The molecule has 0 aliphatic rings. The molecule has 5 aromatic rings. The zero-order chi connectivity index (χ0) is 21.4. The summed E-state index contributed by atoms with van der Waals surface area (Å²) in [6.07, 6.45) is 7.19. The topological polar surface area (TPSA) is 110 Å². The van der Waals surface area contributed by atoms with Crippen molar-refractivity contribution < 1.29 is 13.3 Å². The summed E-state index contributed by atoms with van der Waals surface area (Å²) >= 11 is 0.977. The lowest BCUT2D eigenvalue weighted by atomic mass is 10.3. The number of rotatable bonds is 5. The van der Waals surface area contributed by atoms with Gasteiger partial charge in [-0.1, -0.05) is 30.9 Å². The highest BCUT2D eigenvalue weighted by Gasteiger charge is 2.21. The highest BCUT2D eigenvalue weighted by Crippen LogP contribution is 2.28. The number of aromatic nitrogens is 6. The molecule has 0 saturated carbocycles. The SMILES string of the molecule is C=CC[n+]1ccn(-c2nc3ccccc3nc2N=S(=O)(O)c2cccc3nsnc23)c1. The number of allylic oxidation sites excluding steroid dienone is 1. The van der Waals surface area contributed by atoms with E-state index < -0.39 is 10.0 Å². The van der Waals surface area contributed by atoms with Crippen LogP contribution in [0.4, 0.5) is 5.82 Å². The molecule has 0 bridgehead atoms. The maximum Gasteiger partial charge on any atom is 0.272 e. The minimum atomic E-state index is -3.87. The summed E-state index contributed by atoms with van der Waals surface area (Å²) in [6, 6.07) is 12.2. The number of para-hydroxylation sites is 2. The Hall–Kier alpha value is -3.54. The van der Waals surface area contributed by atoms with Crippen LogP contribution in [0.15, 0.2) is 83.1 Å². The Labute approximate surface area is 181 Å². The first-order valence-electron chi connectivity index (χ1n) is 9.21. The fourth-order valence-electron chi connectivity index (χ4n) is 3.15. The maximum atomic E-state index is 13.3. The van der Waals surface area contributed by atoms with Crippen molar-refractivity contribution in [3.8, 4) is 5.82 Å². The predicted octanol–water partition coefficient (Wildman–Crippen LogP) is 3.53. The molecule has 0 radical (unpaired) electrons. The molecule has 0 spiro atoms. The largest absolute Gasteiger partial charge is 0.296 e. The number of nitrogens with zero attached hydrogens (tertiary/aromatic N) is 7.